The molecular formula is C29H27N3O3. The quantitative estimate of drug-likeness (QED) is 0.549. The van der Waals surface area contributed by atoms with Crippen LogP contribution in [-0.2, 0) is 9.59 Å². The first-order valence-corrected chi connectivity index (χ1v) is 11.7. The standard InChI is InChI=1S/C29H27N3O3/c1-18-26(29(34)32-22-9-6-14-30-17-22)27(20-10-12-23(35-2)13-11-20)28-24(31-18)15-21(16-25(28)33)19-7-4-3-5-8-19/h3-14,17,21,27,31H,15-16H2,1-2H3,(H,32,34). The zero-order chi connectivity index (χ0) is 24.4. The SMILES string of the molecule is COc1ccc(C2C(C(=O)Nc3cccnc3)=C(C)NC3=C2C(=O)CC(c2ccccc2)C3)cc1. The first kappa shape index (κ1) is 22.6. The van der Waals surface area contributed by atoms with Gasteiger partial charge in [0.05, 0.1) is 19.0 Å². The number of pyridine rings is 1. The number of amides is 1. The Balaban J connectivity index is 1.56. The number of nitrogens with zero attached hydrogens (tertiary/aromatic N) is 1. The molecule has 0 radical (unpaired) electrons. The van der Waals surface area contributed by atoms with Crippen LogP contribution in [0.3, 0.4) is 0 Å². The van der Waals surface area contributed by atoms with Crippen LogP contribution in [-0.4, -0.2) is 23.8 Å². The summed E-state index contributed by atoms with van der Waals surface area (Å²) in [6, 6.07) is 21.3. The van der Waals surface area contributed by atoms with E-state index < -0.39 is 5.92 Å². The van der Waals surface area contributed by atoms with E-state index in [-0.39, 0.29) is 17.6 Å². The minimum atomic E-state index is -0.474. The molecule has 0 saturated carbocycles. The van der Waals surface area contributed by atoms with Crippen molar-refractivity contribution >= 4 is 17.4 Å². The van der Waals surface area contributed by atoms with Gasteiger partial charge in [-0.15, -0.1) is 0 Å². The molecule has 2 atom stereocenters. The maximum absolute atomic E-state index is 13.7. The zero-order valence-electron chi connectivity index (χ0n) is 19.7. The maximum Gasteiger partial charge on any atom is 0.254 e. The summed E-state index contributed by atoms with van der Waals surface area (Å²) in [4.78, 5) is 31.3. The lowest BCUT2D eigenvalue weighted by molar-refractivity contribution is -0.116. The Morgan fingerprint density at radius 2 is 1.77 bits per heavy atom. The molecule has 1 aromatic heterocycles. The van der Waals surface area contributed by atoms with Crippen molar-refractivity contribution in [3.8, 4) is 5.75 Å². The van der Waals surface area contributed by atoms with Gasteiger partial charge in [-0.05, 0) is 54.7 Å². The van der Waals surface area contributed by atoms with Gasteiger partial charge in [0.25, 0.3) is 5.91 Å². The molecule has 5 rings (SSSR count). The Morgan fingerprint density at radius 3 is 2.46 bits per heavy atom. The van der Waals surface area contributed by atoms with Gasteiger partial charge >= 0.3 is 0 Å². The van der Waals surface area contributed by atoms with Crippen LogP contribution in [0.4, 0.5) is 5.69 Å². The largest absolute Gasteiger partial charge is 0.497 e. The number of rotatable bonds is 5. The van der Waals surface area contributed by atoms with Gasteiger partial charge in [-0.25, -0.2) is 0 Å². The van der Waals surface area contributed by atoms with E-state index in [1.54, 1.807) is 31.6 Å². The van der Waals surface area contributed by atoms with Crippen LogP contribution in [0.25, 0.3) is 0 Å². The Kier molecular flexibility index (Phi) is 6.19. The number of methoxy groups -OCH3 is 1. The minimum absolute atomic E-state index is 0.0626. The van der Waals surface area contributed by atoms with Gasteiger partial charge in [0.15, 0.2) is 5.78 Å². The van der Waals surface area contributed by atoms with Crippen LogP contribution in [0.15, 0.2) is 102 Å². The fourth-order valence-electron chi connectivity index (χ4n) is 5.07. The lowest BCUT2D eigenvalue weighted by Gasteiger charge is -2.37. The topological polar surface area (TPSA) is 80.3 Å². The molecule has 2 aliphatic rings. The van der Waals surface area contributed by atoms with Gasteiger partial charge in [-0.3, -0.25) is 14.6 Å². The summed E-state index contributed by atoms with van der Waals surface area (Å²) in [5, 5.41) is 6.38. The van der Waals surface area contributed by atoms with E-state index in [9.17, 15) is 9.59 Å². The highest BCUT2D eigenvalue weighted by Crippen LogP contribution is 2.45. The second-order valence-corrected chi connectivity index (χ2v) is 8.90. The Bertz CT molecular complexity index is 1310. The van der Waals surface area contributed by atoms with Crippen molar-refractivity contribution in [1.29, 1.82) is 0 Å². The zero-order valence-corrected chi connectivity index (χ0v) is 19.7. The number of dihydropyridines is 1. The lowest BCUT2D eigenvalue weighted by Crippen LogP contribution is -2.37. The Hall–Kier alpha value is -4.19. The van der Waals surface area contributed by atoms with Gasteiger partial charge < -0.3 is 15.4 Å². The predicted molar refractivity (Wildman–Crippen MR) is 135 cm³/mol. The Labute approximate surface area is 204 Å². The van der Waals surface area contributed by atoms with E-state index in [4.69, 9.17) is 4.74 Å². The minimum Gasteiger partial charge on any atom is -0.497 e. The number of benzene rings is 2. The smallest absolute Gasteiger partial charge is 0.254 e. The summed E-state index contributed by atoms with van der Waals surface area (Å²) < 4.78 is 5.33. The van der Waals surface area contributed by atoms with Crippen molar-refractivity contribution < 1.29 is 14.3 Å². The number of carbonyl (C=O) groups excluding carboxylic acids is 2. The van der Waals surface area contributed by atoms with E-state index in [1.165, 1.54) is 0 Å². The monoisotopic (exact) mass is 465 g/mol. The highest BCUT2D eigenvalue weighted by Gasteiger charge is 2.40. The van der Waals surface area contributed by atoms with Gasteiger partial charge in [0.2, 0.25) is 0 Å². The molecule has 0 saturated heterocycles. The number of nitrogens with one attached hydrogen (secondary N) is 2. The number of ketones is 1. The fraction of sp³-hybridized carbons (Fsp3) is 0.207. The van der Waals surface area contributed by atoms with Crippen molar-refractivity contribution in [3.05, 3.63) is 113 Å². The summed E-state index contributed by atoms with van der Waals surface area (Å²) in [7, 11) is 1.62. The van der Waals surface area contributed by atoms with Crippen molar-refractivity contribution in [1.82, 2.24) is 10.3 Å². The molecule has 2 heterocycles. The Morgan fingerprint density at radius 1 is 1.00 bits per heavy atom. The molecule has 1 aliphatic carbocycles. The van der Waals surface area contributed by atoms with Crippen molar-refractivity contribution in [2.75, 3.05) is 12.4 Å². The number of anilines is 1. The van der Waals surface area contributed by atoms with Crippen LogP contribution in [0.2, 0.25) is 0 Å². The maximum atomic E-state index is 13.7. The second-order valence-electron chi connectivity index (χ2n) is 8.90. The third-order valence-electron chi connectivity index (χ3n) is 6.71. The second kappa shape index (κ2) is 9.58. The van der Waals surface area contributed by atoms with Crippen molar-refractivity contribution in [2.24, 2.45) is 0 Å². The van der Waals surface area contributed by atoms with Gasteiger partial charge in [-0.2, -0.15) is 0 Å². The molecule has 0 bridgehead atoms. The van der Waals surface area contributed by atoms with Crippen LogP contribution < -0.4 is 15.4 Å². The number of hydrogen-bond donors (Lipinski definition) is 2. The van der Waals surface area contributed by atoms with E-state index in [0.29, 0.717) is 29.7 Å². The molecule has 3 aromatic rings. The van der Waals surface area contributed by atoms with Crippen molar-refractivity contribution in [2.45, 2.75) is 31.6 Å². The summed E-state index contributed by atoms with van der Waals surface area (Å²) in [5.41, 5.74) is 5.47. The number of allylic oxidation sites excluding steroid dienone is 3. The summed E-state index contributed by atoms with van der Waals surface area (Å²) in [5.74, 6) is 0.155. The highest BCUT2D eigenvalue weighted by molar-refractivity contribution is 6.09. The fourth-order valence-corrected chi connectivity index (χ4v) is 5.07. The molecular weight excluding hydrogens is 438 g/mol. The molecule has 2 N–H and O–H groups in total. The van der Waals surface area contributed by atoms with Crippen LogP contribution in [0.1, 0.15) is 42.7 Å². The van der Waals surface area contributed by atoms with Crippen LogP contribution >= 0.6 is 0 Å². The molecule has 0 fully saturated rings. The van der Waals surface area contributed by atoms with Gasteiger partial charge in [0, 0.05) is 41.1 Å². The molecule has 176 valence electrons. The molecule has 35 heavy (non-hydrogen) atoms. The molecule has 1 aliphatic heterocycles. The molecule has 6 nitrogen and oxygen atoms in total. The first-order valence-electron chi connectivity index (χ1n) is 11.7. The summed E-state index contributed by atoms with van der Waals surface area (Å²) >= 11 is 0. The number of carbonyl (C=O) groups is 2. The van der Waals surface area contributed by atoms with Gasteiger partial charge in [0.1, 0.15) is 5.75 Å². The highest BCUT2D eigenvalue weighted by atomic mass is 16.5. The normalized spacial score (nSPS) is 19.7. The van der Waals surface area contributed by atoms with Gasteiger partial charge in [-0.1, -0.05) is 42.5 Å². The van der Waals surface area contributed by atoms with E-state index in [2.05, 4.69) is 27.8 Å². The lowest BCUT2D eigenvalue weighted by atomic mass is 9.71. The number of hydrogen-bond acceptors (Lipinski definition) is 5. The van der Waals surface area contributed by atoms with Crippen LogP contribution in [0, 0.1) is 0 Å². The molecule has 2 aromatic carbocycles. The van der Waals surface area contributed by atoms with Crippen LogP contribution in [0.5, 0.6) is 5.75 Å². The molecule has 2 unspecified atom stereocenters. The number of Topliss-reactive ketones (excluding diaryl/α,β-unsaturated/α-hetero) is 1. The summed E-state index contributed by atoms with van der Waals surface area (Å²) in [6.07, 6.45) is 4.39. The summed E-state index contributed by atoms with van der Waals surface area (Å²) in [6.45, 7) is 1.90. The average molecular weight is 466 g/mol. The number of ether oxygens (including phenoxy) is 1. The third-order valence-corrected chi connectivity index (χ3v) is 6.71. The molecule has 6 heteroatoms. The predicted octanol–water partition coefficient (Wildman–Crippen LogP) is 5.09. The van der Waals surface area contributed by atoms with Crippen molar-refractivity contribution in [3.63, 3.8) is 0 Å². The van der Waals surface area contributed by atoms with E-state index >= 15 is 0 Å². The first-order chi connectivity index (χ1) is 17.0. The van der Waals surface area contributed by atoms with E-state index in [0.717, 1.165) is 28.3 Å². The molecule has 1 amide bonds. The number of aromatic nitrogens is 1. The third kappa shape index (κ3) is 4.47. The molecule has 0 spiro atoms. The van der Waals surface area contributed by atoms with E-state index in [1.807, 2.05) is 49.4 Å². The average Bonchev–Trinajstić information content (AvgIpc) is 2.89.